The van der Waals surface area contributed by atoms with Gasteiger partial charge in [0.1, 0.15) is 0 Å². The largest absolute Gasteiger partial charge is 0.389 e. The third kappa shape index (κ3) is 8.59. The second-order valence-corrected chi connectivity index (χ2v) is 7.02. The van der Waals surface area contributed by atoms with Crippen LogP contribution >= 0.6 is 23.2 Å². The summed E-state index contributed by atoms with van der Waals surface area (Å²) in [6.07, 6.45) is -5.24. The number of hydrogen-bond acceptors (Lipinski definition) is 0. The van der Waals surface area contributed by atoms with Crippen LogP contribution in [0, 0.1) is 0 Å². The summed E-state index contributed by atoms with van der Waals surface area (Å²) >= 11 is 10.7. The SMILES string of the molecule is FC(F)(F)CCC([SiH3])(Cl)Cl. The first kappa shape index (κ1) is 10.6. The van der Waals surface area contributed by atoms with Gasteiger partial charge in [-0.1, -0.05) is 0 Å². The van der Waals surface area contributed by atoms with Crippen molar-refractivity contribution in [1.82, 2.24) is 0 Å². The van der Waals surface area contributed by atoms with Gasteiger partial charge in [0, 0.05) is 16.7 Å². The summed E-state index contributed by atoms with van der Waals surface area (Å²) in [5.74, 6) is 0. The van der Waals surface area contributed by atoms with Gasteiger partial charge in [-0.2, -0.15) is 13.2 Å². The number of rotatable bonds is 2. The lowest BCUT2D eigenvalue weighted by atomic mass is 10.3. The second-order valence-electron chi connectivity index (χ2n) is 2.19. The molecule has 0 radical (unpaired) electrons. The number of alkyl halides is 5. The predicted octanol–water partition coefficient (Wildman–Crippen LogP) is 1.83. The van der Waals surface area contributed by atoms with Gasteiger partial charge in [0.2, 0.25) is 0 Å². The molecule has 0 aromatic heterocycles. The van der Waals surface area contributed by atoms with E-state index >= 15 is 0 Å². The smallest absolute Gasteiger partial charge is 0.171 e. The van der Waals surface area contributed by atoms with E-state index in [-0.39, 0.29) is 6.42 Å². The van der Waals surface area contributed by atoms with Crippen LogP contribution in [0.4, 0.5) is 13.2 Å². The van der Waals surface area contributed by atoms with Gasteiger partial charge < -0.3 is 0 Å². The molecular weight excluding hydrogens is 204 g/mol. The molecule has 0 saturated carbocycles. The van der Waals surface area contributed by atoms with E-state index in [0.29, 0.717) is 10.2 Å². The fourth-order valence-electron chi connectivity index (χ4n) is 0.361. The Labute approximate surface area is 70.1 Å². The van der Waals surface area contributed by atoms with Crippen LogP contribution < -0.4 is 0 Å². The highest BCUT2D eigenvalue weighted by Crippen LogP contribution is 2.29. The lowest BCUT2D eigenvalue weighted by Crippen LogP contribution is -2.17. The molecule has 0 aliphatic rings. The molecule has 0 aliphatic heterocycles. The molecule has 0 aliphatic carbocycles. The molecule has 6 heteroatoms. The molecule has 0 atom stereocenters. The molecule has 0 bridgehead atoms. The van der Waals surface area contributed by atoms with E-state index in [1.165, 1.54) is 0 Å². The fourth-order valence-corrected chi connectivity index (χ4v) is 0.800. The standard InChI is InChI=1S/C4H7Cl2F3Si/c5-3(6,10)1-2-4(7,8)9/h1-2H2,10H3. The Morgan fingerprint density at radius 3 is 1.60 bits per heavy atom. The molecule has 0 unspecified atom stereocenters. The van der Waals surface area contributed by atoms with Crippen molar-refractivity contribution in [2.75, 3.05) is 0 Å². The quantitative estimate of drug-likeness (QED) is 0.482. The van der Waals surface area contributed by atoms with Crippen molar-refractivity contribution < 1.29 is 13.2 Å². The third-order valence-electron chi connectivity index (χ3n) is 0.847. The molecule has 10 heavy (non-hydrogen) atoms. The monoisotopic (exact) mass is 210 g/mol. The number of halogens is 5. The molecule has 0 saturated heterocycles. The van der Waals surface area contributed by atoms with E-state index < -0.39 is 16.6 Å². The van der Waals surface area contributed by atoms with Gasteiger partial charge in [-0.3, -0.25) is 0 Å². The zero-order valence-electron chi connectivity index (χ0n) is 5.30. The molecule has 0 aromatic rings. The van der Waals surface area contributed by atoms with E-state index in [4.69, 9.17) is 23.2 Å². The second kappa shape index (κ2) is 3.32. The van der Waals surface area contributed by atoms with E-state index in [1.54, 1.807) is 0 Å². The summed E-state index contributed by atoms with van der Waals surface area (Å²) in [5.41, 5.74) is 0. The van der Waals surface area contributed by atoms with Crippen LogP contribution in [0.1, 0.15) is 12.8 Å². The van der Waals surface area contributed by atoms with Crippen molar-refractivity contribution >= 4 is 33.4 Å². The lowest BCUT2D eigenvalue weighted by molar-refractivity contribution is -0.135. The van der Waals surface area contributed by atoms with Crippen LogP contribution in [0.3, 0.4) is 0 Å². The maximum atomic E-state index is 11.5. The van der Waals surface area contributed by atoms with Gasteiger partial charge in [-0.05, 0) is 6.42 Å². The summed E-state index contributed by atoms with van der Waals surface area (Å²) in [7, 11) is 0.352. The predicted molar refractivity (Wildman–Crippen MR) is 39.7 cm³/mol. The Bertz CT molecular complexity index is 92.1. The summed E-state index contributed by atoms with van der Waals surface area (Å²) < 4.78 is 33.3. The zero-order valence-corrected chi connectivity index (χ0v) is 8.82. The minimum Gasteiger partial charge on any atom is -0.171 e. The Hall–Kier alpha value is 0.587. The van der Waals surface area contributed by atoms with Crippen molar-refractivity contribution in [3.8, 4) is 0 Å². The van der Waals surface area contributed by atoms with Crippen LogP contribution in [0.25, 0.3) is 0 Å². The van der Waals surface area contributed by atoms with Crippen LogP contribution in [0.15, 0.2) is 0 Å². The van der Waals surface area contributed by atoms with Crippen LogP contribution in [-0.4, -0.2) is 20.4 Å². The van der Waals surface area contributed by atoms with Gasteiger partial charge in [0.05, 0.1) is 3.96 Å². The highest BCUT2D eigenvalue weighted by atomic mass is 35.5. The normalized spacial score (nSPS) is 14.1. The molecule has 0 fully saturated rings. The highest BCUT2D eigenvalue weighted by Gasteiger charge is 2.30. The third-order valence-corrected chi connectivity index (χ3v) is 1.73. The average molecular weight is 211 g/mol. The summed E-state index contributed by atoms with van der Waals surface area (Å²) in [6, 6.07) is 0. The Balaban J connectivity index is 3.56. The van der Waals surface area contributed by atoms with Crippen molar-refractivity contribution in [3.05, 3.63) is 0 Å². The first-order chi connectivity index (χ1) is 4.21. The van der Waals surface area contributed by atoms with Crippen molar-refractivity contribution in [3.63, 3.8) is 0 Å². The van der Waals surface area contributed by atoms with Gasteiger partial charge in [-0.25, -0.2) is 0 Å². The Morgan fingerprint density at radius 2 is 1.50 bits per heavy atom. The van der Waals surface area contributed by atoms with Gasteiger partial charge in [0.25, 0.3) is 0 Å². The minimum atomic E-state index is -4.14. The first-order valence-electron chi connectivity index (χ1n) is 2.65. The summed E-state index contributed by atoms with van der Waals surface area (Å²) in [4.78, 5) is 0. The van der Waals surface area contributed by atoms with E-state index in [0.717, 1.165) is 0 Å². The zero-order chi connectivity index (χ0) is 8.41. The minimum absolute atomic E-state index is 0.203. The molecule has 0 N–H and O–H groups in total. The molecule has 0 rings (SSSR count). The maximum Gasteiger partial charge on any atom is 0.389 e. The Kier molecular flexibility index (Phi) is 3.52. The van der Waals surface area contributed by atoms with Crippen molar-refractivity contribution in [1.29, 1.82) is 0 Å². The van der Waals surface area contributed by atoms with Crippen molar-refractivity contribution in [2.45, 2.75) is 23.0 Å². The van der Waals surface area contributed by atoms with Gasteiger partial charge >= 0.3 is 6.18 Å². The van der Waals surface area contributed by atoms with Crippen LogP contribution in [-0.2, 0) is 0 Å². The summed E-state index contributed by atoms with van der Waals surface area (Å²) in [5, 5.41) is 0. The topological polar surface area (TPSA) is 0 Å². The first-order valence-corrected chi connectivity index (χ1v) is 4.41. The molecule has 0 spiro atoms. The maximum absolute atomic E-state index is 11.5. The summed E-state index contributed by atoms with van der Waals surface area (Å²) in [6.45, 7) is 0. The lowest BCUT2D eigenvalue weighted by Gasteiger charge is -2.13. The Morgan fingerprint density at radius 1 is 1.10 bits per heavy atom. The fraction of sp³-hybridized carbons (Fsp3) is 1.00. The molecule has 0 amide bonds. The molecule has 0 heterocycles. The molecule has 0 aromatic carbocycles. The average Bonchev–Trinajstić information content (AvgIpc) is 1.57. The van der Waals surface area contributed by atoms with E-state index in [9.17, 15) is 13.2 Å². The van der Waals surface area contributed by atoms with Crippen LogP contribution in [0.5, 0.6) is 0 Å². The number of hydrogen-bond donors (Lipinski definition) is 0. The van der Waals surface area contributed by atoms with Gasteiger partial charge in [-0.15, -0.1) is 23.2 Å². The van der Waals surface area contributed by atoms with E-state index in [2.05, 4.69) is 0 Å². The van der Waals surface area contributed by atoms with E-state index in [1.807, 2.05) is 0 Å². The highest BCUT2D eigenvalue weighted by molar-refractivity contribution is 6.65. The van der Waals surface area contributed by atoms with Crippen molar-refractivity contribution in [2.24, 2.45) is 0 Å². The molecule has 62 valence electrons. The van der Waals surface area contributed by atoms with Crippen LogP contribution in [0.2, 0.25) is 0 Å². The molecular formula is C4H7Cl2F3Si. The molecule has 0 nitrogen and oxygen atoms in total. The van der Waals surface area contributed by atoms with Gasteiger partial charge in [0.15, 0.2) is 0 Å².